The van der Waals surface area contributed by atoms with Gasteiger partial charge in [0.25, 0.3) is 0 Å². The van der Waals surface area contributed by atoms with Crippen molar-refractivity contribution in [2.45, 2.75) is 40.5 Å². The molecule has 0 atom stereocenters. The molecule has 0 heterocycles. The molecule has 0 aliphatic carbocycles. The zero-order valence-electron chi connectivity index (χ0n) is 16.8. The van der Waals surface area contributed by atoms with Crippen LogP contribution in [0.15, 0.2) is 55.2 Å². The molecule has 0 amide bonds. The molecule has 0 saturated carbocycles. The lowest BCUT2D eigenvalue weighted by molar-refractivity contribution is 0.636. The average Bonchev–Trinajstić information content (AvgIpc) is 2.63. The maximum atomic E-state index is 9.50. The van der Waals surface area contributed by atoms with E-state index in [1.54, 1.807) is 6.20 Å². The highest BCUT2D eigenvalue weighted by atomic mass is 15.2. The standard InChI is InChI=1S/C24H29N3/c1-6-27(24(26)20-10-8-7-9-11-20)23-21(12-17(2)3)14-19(16-25)15-22(23)13-18(4)5/h6-11,14-15,17-18,26H,1,12-13H2,2-5H3. The van der Waals surface area contributed by atoms with Gasteiger partial charge in [-0.3, -0.25) is 5.41 Å². The summed E-state index contributed by atoms with van der Waals surface area (Å²) in [5.41, 5.74) is 4.72. The molecule has 0 fully saturated rings. The molecule has 0 bridgehead atoms. The number of nitrogens with zero attached hydrogens (tertiary/aromatic N) is 2. The molecule has 140 valence electrons. The highest BCUT2D eigenvalue weighted by Crippen LogP contribution is 2.32. The predicted molar refractivity (Wildman–Crippen MR) is 114 cm³/mol. The number of amidine groups is 1. The Kier molecular flexibility index (Phi) is 6.96. The maximum absolute atomic E-state index is 9.50. The van der Waals surface area contributed by atoms with Crippen LogP contribution in [0.1, 0.15) is 49.9 Å². The number of hydrogen-bond acceptors (Lipinski definition) is 2. The monoisotopic (exact) mass is 359 g/mol. The van der Waals surface area contributed by atoms with E-state index < -0.39 is 0 Å². The van der Waals surface area contributed by atoms with E-state index >= 15 is 0 Å². The van der Waals surface area contributed by atoms with Gasteiger partial charge in [0, 0.05) is 11.8 Å². The van der Waals surface area contributed by atoms with Crippen LogP contribution in [0, 0.1) is 28.6 Å². The minimum atomic E-state index is 0.394. The summed E-state index contributed by atoms with van der Waals surface area (Å²) in [5.74, 6) is 1.29. The van der Waals surface area contributed by atoms with Crippen LogP contribution in [0.3, 0.4) is 0 Å². The average molecular weight is 360 g/mol. The van der Waals surface area contributed by atoms with Crippen molar-refractivity contribution in [2.24, 2.45) is 11.8 Å². The van der Waals surface area contributed by atoms with Crippen molar-refractivity contribution >= 4 is 11.5 Å². The van der Waals surface area contributed by atoms with Crippen LogP contribution >= 0.6 is 0 Å². The fraction of sp³-hybridized carbons (Fsp3) is 0.333. The van der Waals surface area contributed by atoms with Gasteiger partial charge in [0.05, 0.1) is 17.3 Å². The van der Waals surface area contributed by atoms with Crippen LogP contribution in [0.5, 0.6) is 0 Å². The molecule has 3 nitrogen and oxygen atoms in total. The molecule has 27 heavy (non-hydrogen) atoms. The van der Waals surface area contributed by atoms with Gasteiger partial charge in [-0.2, -0.15) is 5.26 Å². The lowest BCUT2D eigenvalue weighted by Gasteiger charge is -2.28. The molecule has 0 unspecified atom stereocenters. The lowest BCUT2D eigenvalue weighted by atomic mass is 9.91. The first-order chi connectivity index (χ1) is 12.9. The molecular formula is C24H29N3. The summed E-state index contributed by atoms with van der Waals surface area (Å²) >= 11 is 0. The Balaban J connectivity index is 2.67. The Morgan fingerprint density at radius 1 is 1.07 bits per heavy atom. The Bertz CT molecular complexity index is 811. The molecular weight excluding hydrogens is 330 g/mol. The molecule has 2 aromatic carbocycles. The Morgan fingerprint density at radius 2 is 1.59 bits per heavy atom. The first-order valence-electron chi connectivity index (χ1n) is 9.49. The van der Waals surface area contributed by atoms with Crippen LogP contribution in [0.4, 0.5) is 5.69 Å². The van der Waals surface area contributed by atoms with Gasteiger partial charge in [0.15, 0.2) is 0 Å². The van der Waals surface area contributed by atoms with E-state index in [1.807, 2.05) is 47.4 Å². The van der Waals surface area contributed by atoms with Crippen molar-refractivity contribution in [3.05, 3.63) is 77.5 Å². The second-order valence-electron chi connectivity index (χ2n) is 7.72. The van der Waals surface area contributed by atoms with Crippen molar-refractivity contribution in [3.8, 4) is 6.07 Å². The number of nitriles is 1. The van der Waals surface area contributed by atoms with Crippen molar-refractivity contribution in [1.29, 1.82) is 10.7 Å². The van der Waals surface area contributed by atoms with Crippen LogP contribution in [-0.2, 0) is 12.8 Å². The summed E-state index contributed by atoms with van der Waals surface area (Å²) in [5, 5.41) is 18.3. The molecule has 0 aliphatic heterocycles. The minimum Gasteiger partial charge on any atom is -0.302 e. The fourth-order valence-corrected chi connectivity index (χ4v) is 3.35. The van der Waals surface area contributed by atoms with Crippen LogP contribution < -0.4 is 4.90 Å². The Morgan fingerprint density at radius 3 is 2.00 bits per heavy atom. The molecule has 3 heteroatoms. The zero-order chi connectivity index (χ0) is 20.0. The summed E-state index contributed by atoms with van der Waals surface area (Å²) < 4.78 is 0. The lowest BCUT2D eigenvalue weighted by Crippen LogP contribution is -2.28. The van der Waals surface area contributed by atoms with E-state index in [9.17, 15) is 5.26 Å². The Labute approximate surface area is 163 Å². The maximum Gasteiger partial charge on any atom is 0.136 e. The normalized spacial score (nSPS) is 10.7. The van der Waals surface area contributed by atoms with Gasteiger partial charge >= 0.3 is 0 Å². The van der Waals surface area contributed by atoms with E-state index in [0.717, 1.165) is 35.2 Å². The molecule has 1 N–H and O–H groups in total. The summed E-state index contributed by atoms with van der Waals surface area (Å²) in [7, 11) is 0. The topological polar surface area (TPSA) is 50.9 Å². The molecule has 0 aromatic heterocycles. The van der Waals surface area contributed by atoms with E-state index in [1.165, 1.54) is 0 Å². The largest absolute Gasteiger partial charge is 0.302 e. The number of hydrogen-bond donors (Lipinski definition) is 1. The Hall–Kier alpha value is -2.86. The second kappa shape index (κ2) is 9.19. The molecule has 0 spiro atoms. The summed E-state index contributed by atoms with van der Waals surface area (Å²) in [4.78, 5) is 1.87. The predicted octanol–water partition coefficient (Wildman–Crippen LogP) is 5.93. The van der Waals surface area contributed by atoms with Gasteiger partial charge in [0.2, 0.25) is 0 Å². The van der Waals surface area contributed by atoms with Gasteiger partial charge in [-0.25, -0.2) is 0 Å². The number of nitrogens with one attached hydrogen (secondary N) is 1. The number of rotatable bonds is 7. The second-order valence-corrected chi connectivity index (χ2v) is 7.72. The van der Waals surface area contributed by atoms with Crippen molar-refractivity contribution in [2.75, 3.05) is 4.90 Å². The van der Waals surface area contributed by atoms with Crippen molar-refractivity contribution in [1.82, 2.24) is 0 Å². The third kappa shape index (κ3) is 5.08. The zero-order valence-corrected chi connectivity index (χ0v) is 16.8. The van der Waals surface area contributed by atoms with Gasteiger partial charge in [0.1, 0.15) is 5.84 Å². The summed E-state index contributed by atoms with van der Waals surface area (Å²) in [6, 6.07) is 15.9. The van der Waals surface area contributed by atoms with Gasteiger partial charge in [-0.15, -0.1) is 0 Å². The van der Waals surface area contributed by atoms with Gasteiger partial charge in [-0.1, -0.05) is 64.6 Å². The van der Waals surface area contributed by atoms with Gasteiger partial charge in [-0.05, 0) is 47.9 Å². The van der Waals surface area contributed by atoms with Gasteiger partial charge < -0.3 is 4.90 Å². The SMILES string of the molecule is C=CN(C(=N)c1ccccc1)c1c(CC(C)C)cc(C#N)cc1CC(C)C. The van der Waals surface area contributed by atoms with E-state index in [0.29, 0.717) is 23.2 Å². The first-order valence-corrected chi connectivity index (χ1v) is 9.49. The van der Waals surface area contributed by atoms with E-state index in [4.69, 9.17) is 5.41 Å². The molecule has 0 aliphatic rings. The van der Waals surface area contributed by atoms with Crippen LogP contribution in [-0.4, -0.2) is 5.84 Å². The summed E-state index contributed by atoms with van der Waals surface area (Å²) in [6.07, 6.45) is 3.41. The number of anilines is 1. The smallest absolute Gasteiger partial charge is 0.136 e. The van der Waals surface area contributed by atoms with Crippen LogP contribution in [0.25, 0.3) is 0 Å². The van der Waals surface area contributed by atoms with Crippen LogP contribution in [0.2, 0.25) is 0 Å². The molecule has 0 saturated heterocycles. The van der Waals surface area contributed by atoms with E-state index in [2.05, 4.69) is 40.3 Å². The summed E-state index contributed by atoms with van der Waals surface area (Å²) in [6.45, 7) is 12.7. The molecule has 2 aromatic rings. The van der Waals surface area contributed by atoms with Crippen molar-refractivity contribution in [3.63, 3.8) is 0 Å². The van der Waals surface area contributed by atoms with Crippen molar-refractivity contribution < 1.29 is 0 Å². The fourth-order valence-electron chi connectivity index (χ4n) is 3.35. The molecule has 2 rings (SSSR count). The third-order valence-electron chi connectivity index (χ3n) is 4.36. The third-order valence-corrected chi connectivity index (χ3v) is 4.36. The number of benzene rings is 2. The quantitative estimate of drug-likeness (QED) is 0.492. The highest BCUT2D eigenvalue weighted by Gasteiger charge is 2.21. The van der Waals surface area contributed by atoms with E-state index in [-0.39, 0.29) is 0 Å². The molecule has 0 radical (unpaired) electrons. The minimum absolute atomic E-state index is 0.394. The first kappa shape index (κ1) is 20.5. The highest BCUT2D eigenvalue weighted by molar-refractivity contribution is 6.09.